The molecule has 30 nitrogen and oxygen atoms in total. The fourth-order valence-electron chi connectivity index (χ4n) is 12.5. The first kappa shape index (κ1) is 81.0. The van der Waals surface area contributed by atoms with Gasteiger partial charge in [0.15, 0.2) is 18.4 Å². The fourth-order valence-corrected chi connectivity index (χ4v) is 12.5. The van der Waals surface area contributed by atoms with Crippen molar-refractivity contribution in [2.24, 2.45) is 17.8 Å². The molecule has 2 bridgehead atoms. The molecule has 5 saturated heterocycles. The van der Waals surface area contributed by atoms with Crippen molar-refractivity contribution < 1.29 is 134 Å². The van der Waals surface area contributed by atoms with Gasteiger partial charge in [-0.2, -0.15) is 0 Å². The van der Waals surface area contributed by atoms with E-state index in [9.17, 15) is 96.4 Å². The predicted octanol–water partition coefficient (Wildman–Crippen LogP) is -4.28. The Morgan fingerprint density at radius 1 is 0.635 bits per heavy atom. The number of nitrogens with zero attached hydrogens (tertiary/aromatic N) is 1. The molecular formula is C66H107N3O27. The molecule has 6 aliphatic heterocycles. The molecule has 5 unspecified atom stereocenters. The van der Waals surface area contributed by atoms with Gasteiger partial charge in [-0.05, 0) is 46.1 Å². The molecule has 0 saturated carbocycles. The number of morpholine rings is 1. The Hall–Kier alpha value is -3.92. The third-order valence-electron chi connectivity index (χ3n) is 18.4. The zero-order valence-corrected chi connectivity index (χ0v) is 55.0. The molecule has 6 heterocycles. The van der Waals surface area contributed by atoms with Crippen LogP contribution in [0.3, 0.4) is 0 Å². The van der Waals surface area contributed by atoms with E-state index in [4.69, 9.17) is 37.9 Å². The van der Waals surface area contributed by atoms with Gasteiger partial charge in [0.1, 0.15) is 54.9 Å². The summed E-state index contributed by atoms with van der Waals surface area (Å²) in [5.41, 5.74) is 0. The second-order valence-electron chi connectivity index (χ2n) is 26.1. The number of aliphatic hydroxyl groups is 17. The summed E-state index contributed by atoms with van der Waals surface area (Å²) >= 11 is 0. The van der Waals surface area contributed by atoms with Gasteiger partial charge in [0.2, 0.25) is 11.7 Å². The van der Waals surface area contributed by atoms with Crippen molar-refractivity contribution in [1.82, 2.24) is 15.5 Å². The maximum atomic E-state index is 14.4. The van der Waals surface area contributed by atoms with Gasteiger partial charge in [0.05, 0.1) is 118 Å². The van der Waals surface area contributed by atoms with Gasteiger partial charge in [-0.15, -0.1) is 0 Å². The molecule has 0 radical (unpaired) electrons. The number of amides is 1. The average molecular weight is 1370 g/mol. The van der Waals surface area contributed by atoms with Crippen molar-refractivity contribution >= 4 is 11.9 Å². The molecule has 96 heavy (non-hydrogen) atoms. The highest BCUT2D eigenvalue weighted by molar-refractivity contribution is 5.80. The third kappa shape index (κ3) is 24.1. The number of fused-ring (bicyclic) bond motifs is 2. The SMILES string of the molecule is CC1[C@H](C)OC(=O)C[C@H](O)C[C@H](O)CC[C@@H](O)[C@H](O)C[C@H](O)C[C@]2(O)C[C@H](O)C(C(=O)NCCCN3CCOCC3)C(C[C@@H](OC3O[C@H](C)[C@@H](O)[C@H](NC[C@@]4(O)OC[C@@H](O)[C@@H](OC5O[C@H](CO)[C@@H](O)[C@H](O)[C@H]5O)[C@@H]4O)[C@@H]3O)C=CC=CC=CC=CC=CC=CC=C[C@H](C)[C@H]1O)O2. The van der Waals surface area contributed by atoms with E-state index in [0.717, 1.165) is 0 Å². The number of hydrogen-bond acceptors (Lipinski definition) is 29. The maximum absolute atomic E-state index is 14.4. The summed E-state index contributed by atoms with van der Waals surface area (Å²) in [6.45, 7) is 7.61. The average Bonchev–Trinajstić information content (AvgIpc) is 0.818. The Kier molecular flexibility index (Phi) is 33.2. The van der Waals surface area contributed by atoms with Crippen LogP contribution < -0.4 is 10.6 Å². The molecular weight excluding hydrogens is 1270 g/mol. The molecule has 0 aromatic rings. The molecule has 30 heteroatoms. The Labute approximate surface area is 559 Å². The van der Waals surface area contributed by atoms with Gasteiger partial charge in [-0.3, -0.25) is 14.5 Å². The van der Waals surface area contributed by atoms with E-state index in [1.807, 2.05) is 6.92 Å². The molecule has 6 aliphatic rings. The monoisotopic (exact) mass is 1370 g/mol. The fraction of sp³-hybridized carbons (Fsp3) is 0.758. The molecule has 548 valence electrons. The summed E-state index contributed by atoms with van der Waals surface area (Å²) < 4.78 is 46.4. The number of carbonyl (C=O) groups excluding carboxylic acids is 2. The van der Waals surface area contributed by atoms with E-state index >= 15 is 0 Å². The first-order valence-corrected chi connectivity index (χ1v) is 33.3. The molecule has 0 spiro atoms. The van der Waals surface area contributed by atoms with Crippen LogP contribution in [0, 0.1) is 17.8 Å². The van der Waals surface area contributed by atoms with Crippen LogP contribution in [0.15, 0.2) is 85.1 Å². The second kappa shape index (κ2) is 39.3. The number of aliphatic hydroxyl groups excluding tert-OH is 15. The minimum Gasteiger partial charge on any atom is -0.462 e. The highest BCUT2D eigenvalue weighted by Gasteiger charge is 2.55. The lowest BCUT2D eigenvalue weighted by Gasteiger charge is -2.48. The van der Waals surface area contributed by atoms with Gasteiger partial charge < -0.3 is 135 Å². The number of hydrogen-bond donors (Lipinski definition) is 19. The van der Waals surface area contributed by atoms with Crippen molar-refractivity contribution in [1.29, 1.82) is 0 Å². The van der Waals surface area contributed by atoms with Crippen molar-refractivity contribution in [3.05, 3.63) is 85.1 Å². The summed E-state index contributed by atoms with van der Waals surface area (Å²) in [6.07, 6.45) is -13.1. The summed E-state index contributed by atoms with van der Waals surface area (Å²) in [4.78, 5) is 29.4. The Bertz CT molecular complexity index is 2540. The highest BCUT2D eigenvalue weighted by Crippen LogP contribution is 2.39. The van der Waals surface area contributed by atoms with Crippen LogP contribution >= 0.6 is 0 Å². The van der Waals surface area contributed by atoms with E-state index in [1.165, 1.54) is 13.0 Å². The van der Waals surface area contributed by atoms with E-state index in [-0.39, 0.29) is 38.1 Å². The van der Waals surface area contributed by atoms with Gasteiger partial charge in [-0.1, -0.05) is 98.9 Å². The van der Waals surface area contributed by atoms with E-state index in [1.54, 1.807) is 92.8 Å². The standard InChI is InChI=1S/C66H107N3O27/c1-37-18-15-13-11-9-7-5-6-8-10-12-14-16-19-44(93-63-57(82)53(55(80)40(4)92-63)68-36-66(88)61(85)60(48(77)35-90-66)95-64-59(84)58(83)56(81)50(34-70)94-64)31-49-52(62(86)67-22-17-23-69-24-26-89-27-25-69)47(76)33-65(87,96-49)32-43(73)29-46(75)45(74)21-20-41(71)28-42(72)30-51(78)91-39(3)38(2)54(37)79/h5-16,18-19,37-50,52-61,63-64,68,70-77,79-85,87-88H,17,20-36H2,1-4H3,(H,67,86)/t37-,38?,39-,40+,41+,42+,43-,44-,45+,46+,47-,48+,49?,50+,52?,53-,54+,55+,56+,57-,58-,59+,60+,61-,63?,64?,65+,66+/m0/s1. The summed E-state index contributed by atoms with van der Waals surface area (Å²) in [5.74, 6) is -8.76. The smallest absolute Gasteiger partial charge is 0.308 e. The minimum absolute atomic E-state index is 0.154. The third-order valence-corrected chi connectivity index (χ3v) is 18.4. The zero-order valence-electron chi connectivity index (χ0n) is 55.0. The molecule has 0 aromatic heterocycles. The molecule has 5 fully saturated rings. The topological polar surface area (TPSA) is 479 Å². The van der Waals surface area contributed by atoms with E-state index < -0.39 is 221 Å². The van der Waals surface area contributed by atoms with Gasteiger partial charge >= 0.3 is 5.97 Å². The number of cyclic esters (lactones) is 1. The van der Waals surface area contributed by atoms with Crippen LogP contribution in [-0.2, 0) is 47.5 Å². The van der Waals surface area contributed by atoms with E-state index in [0.29, 0.717) is 39.3 Å². The second-order valence-corrected chi connectivity index (χ2v) is 26.1. The van der Waals surface area contributed by atoms with Crippen molar-refractivity contribution in [3.63, 3.8) is 0 Å². The number of carbonyl (C=O) groups is 2. The number of esters is 1. The number of ether oxygens (including phenoxy) is 8. The highest BCUT2D eigenvalue weighted by atomic mass is 16.7. The quantitative estimate of drug-likeness (QED) is 0.0613. The molecule has 0 aromatic carbocycles. The lowest BCUT2D eigenvalue weighted by atomic mass is 9.82. The summed E-state index contributed by atoms with van der Waals surface area (Å²) in [5, 5.41) is 194. The van der Waals surface area contributed by atoms with Crippen LogP contribution in [0.25, 0.3) is 0 Å². The summed E-state index contributed by atoms with van der Waals surface area (Å²) in [6, 6.07) is -1.47. The van der Waals surface area contributed by atoms with Crippen molar-refractivity contribution in [2.75, 3.05) is 59.2 Å². The van der Waals surface area contributed by atoms with Gasteiger partial charge in [0, 0.05) is 57.2 Å². The first-order chi connectivity index (χ1) is 45.5. The summed E-state index contributed by atoms with van der Waals surface area (Å²) in [7, 11) is 0. The van der Waals surface area contributed by atoms with Gasteiger partial charge in [0.25, 0.3) is 0 Å². The number of nitrogens with one attached hydrogen (secondary N) is 2. The molecule has 19 N–H and O–H groups in total. The number of allylic oxidation sites excluding steroid dienone is 12. The van der Waals surface area contributed by atoms with Gasteiger partial charge in [-0.25, -0.2) is 0 Å². The maximum Gasteiger partial charge on any atom is 0.308 e. The Morgan fingerprint density at radius 3 is 1.91 bits per heavy atom. The number of rotatable bonds is 13. The van der Waals surface area contributed by atoms with Crippen LogP contribution in [0.5, 0.6) is 0 Å². The first-order valence-electron chi connectivity index (χ1n) is 33.3. The van der Waals surface area contributed by atoms with E-state index in [2.05, 4.69) is 15.5 Å². The lowest BCUT2D eigenvalue weighted by molar-refractivity contribution is -0.368. The molecule has 28 atom stereocenters. The van der Waals surface area contributed by atoms with Crippen LogP contribution in [0.1, 0.15) is 85.5 Å². The van der Waals surface area contributed by atoms with Crippen LogP contribution in [-0.4, -0.2) is 315 Å². The Morgan fingerprint density at radius 2 is 1.26 bits per heavy atom. The largest absolute Gasteiger partial charge is 0.462 e. The zero-order chi connectivity index (χ0) is 70.4. The normalized spacial score (nSPS) is 43.2. The molecule has 1 amide bonds. The lowest BCUT2D eigenvalue weighted by Crippen LogP contribution is -2.70. The van der Waals surface area contributed by atoms with Crippen molar-refractivity contribution in [2.45, 2.75) is 238 Å². The van der Waals surface area contributed by atoms with Crippen molar-refractivity contribution in [3.8, 4) is 0 Å². The molecule has 0 aliphatic carbocycles. The predicted molar refractivity (Wildman–Crippen MR) is 340 cm³/mol. The molecule has 6 rings (SSSR count). The Balaban J connectivity index is 1.26. The van der Waals surface area contributed by atoms with Crippen LogP contribution in [0.4, 0.5) is 0 Å². The van der Waals surface area contributed by atoms with Crippen LogP contribution in [0.2, 0.25) is 0 Å². The minimum atomic E-state index is -2.68.